The molecule has 7 heteroatoms. The van der Waals surface area contributed by atoms with Crippen molar-refractivity contribution in [3.05, 3.63) is 18.2 Å². The van der Waals surface area contributed by atoms with Crippen LogP contribution < -0.4 is 5.32 Å². The second kappa shape index (κ2) is 4.49. The lowest BCUT2D eigenvalue weighted by Crippen LogP contribution is -2.62. The summed E-state index contributed by atoms with van der Waals surface area (Å²) in [7, 11) is 1.84. The molecule has 102 valence electrons. The van der Waals surface area contributed by atoms with Crippen LogP contribution in [0.2, 0.25) is 0 Å². The van der Waals surface area contributed by atoms with Crippen LogP contribution in [-0.2, 0) is 23.1 Å². The standard InChI is InChI=1S/C12H16N4O3/c1-12(2)9(17)14-11(19)16(10(12)18)6-4-8-13-5-7-15(8)3/h5,7H,4,6H2,1-3H3,(H,14,17,19). The Balaban J connectivity index is 2.11. The number of imide groups is 2. The molecule has 1 fully saturated rings. The smallest absolute Gasteiger partial charge is 0.330 e. The summed E-state index contributed by atoms with van der Waals surface area (Å²) in [5, 5.41) is 2.19. The molecular formula is C12H16N4O3. The van der Waals surface area contributed by atoms with E-state index in [9.17, 15) is 14.4 Å². The van der Waals surface area contributed by atoms with Crippen LogP contribution in [0.25, 0.3) is 0 Å². The van der Waals surface area contributed by atoms with Crippen molar-refractivity contribution in [2.75, 3.05) is 6.54 Å². The number of nitrogens with one attached hydrogen (secondary N) is 1. The van der Waals surface area contributed by atoms with E-state index in [4.69, 9.17) is 0 Å². The molecule has 7 nitrogen and oxygen atoms in total. The molecule has 2 heterocycles. The van der Waals surface area contributed by atoms with Gasteiger partial charge in [-0.25, -0.2) is 9.78 Å². The highest BCUT2D eigenvalue weighted by molar-refractivity contribution is 6.18. The fourth-order valence-corrected chi connectivity index (χ4v) is 1.90. The van der Waals surface area contributed by atoms with Crippen LogP contribution in [0.3, 0.4) is 0 Å². The maximum absolute atomic E-state index is 12.1. The molecule has 0 unspecified atom stereocenters. The number of rotatable bonds is 3. The zero-order chi connectivity index (χ0) is 14.2. The minimum Gasteiger partial charge on any atom is -0.338 e. The monoisotopic (exact) mass is 264 g/mol. The second-order valence-corrected chi connectivity index (χ2v) is 5.05. The highest BCUT2D eigenvalue weighted by Gasteiger charge is 2.46. The van der Waals surface area contributed by atoms with E-state index in [1.165, 1.54) is 13.8 Å². The summed E-state index contributed by atoms with van der Waals surface area (Å²) in [4.78, 5) is 40.6. The molecule has 19 heavy (non-hydrogen) atoms. The first-order valence-electron chi connectivity index (χ1n) is 5.97. The van der Waals surface area contributed by atoms with Crippen LogP contribution in [-0.4, -0.2) is 38.8 Å². The van der Waals surface area contributed by atoms with E-state index in [1.807, 2.05) is 11.6 Å². The average Bonchev–Trinajstić information content (AvgIpc) is 2.73. The van der Waals surface area contributed by atoms with Crippen molar-refractivity contribution >= 4 is 17.8 Å². The van der Waals surface area contributed by atoms with Crippen molar-refractivity contribution in [3.63, 3.8) is 0 Å². The van der Waals surface area contributed by atoms with Crippen LogP contribution in [0.5, 0.6) is 0 Å². The third-order valence-electron chi connectivity index (χ3n) is 3.29. The number of carbonyl (C=O) groups is 3. The number of barbiturate groups is 1. The van der Waals surface area contributed by atoms with Crippen molar-refractivity contribution in [1.82, 2.24) is 19.8 Å². The summed E-state index contributed by atoms with van der Waals surface area (Å²) in [5.41, 5.74) is -1.21. The lowest BCUT2D eigenvalue weighted by molar-refractivity contribution is -0.148. The Morgan fingerprint density at radius 2 is 2.00 bits per heavy atom. The number of hydrogen-bond acceptors (Lipinski definition) is 4. The largest absolute Gasteiger partial charge is 0.338 e. The van der Waals surface area contributed by atoms with Crippen LogP contribution in [0.4, 0.5) is 4.79 Å². The topological polar surface area (TPSA) is 84.3 Å². The van der Waals surface area contributed by atoms with E-state index in [2.05, 4.69) is 10.3 Å². The molecule has 0 bridgehead atoms. The Morgan fingerprint density at radius 3 is 2.58 bits per heavy atom. The third-order valence-corrected chi connectivity index (χ3v) is 3.29. The van der Waals surface area contributed by atoms with E-state index in [-0.39, 0.29) is 6.54 Å². The van der Waals surface area contributed by atoms with Gasteiger partial charge in [0.15, 0.2) is 0 Å². The first-order chi connectivity index (χ1) is 8.84. The molecule has 1 aliphatic rings. The van der Waals surface area contributed by atoms with Gasteiger partial charge in [-0.05, 0) is 13.8 Å². The van der Waals surface area contributed by atoms with Crippen molar-refractivity contribution in [2.24, 2.45) is 12.5 Å². The molecule has 4 amide bonds. The predicted molar refractivity (Wildman–Crippen MR) is 65.9 cm³/mol. The predicted octanol–water partition coefficient (Wildman–Crippen LogP) is 0.0672. The summed E-state index contributed by atoms with van der Waals surface area (Å²) >= 11 is 0. The fourth-order valence-electron chi connectivity index (χ4n) is 1.90. The summed E-state index contributed by atoms with van der Waals surface area (Å²) in [5.74, 6) is -0.262. The zero-order valence-corrected chi connectivity index (χ0v) is 11.1. The summed E-state index contributed by atoms with van der Waals surface area (Å²) in [6.45, 7) is 3.21. The van der Waals surface area contributed by atoms with E-state index >= 15 is 0 Å². The number of imidazole rings is 1. The van der Waals surface area contributed by atoms with Crippen molar-refractivity contribution < 1.29 is 14.4 Å². The SMILES string of the molecule is Cn1ccnc1CCN1C(=O)NC(=O)C(C)(C)C1=O. The highest BCUT2D eigenvalue weighted by Crippen LogP contribution is 2.23. The molecule has 1 aliphatic heterocycles. The quantitative estimate of drug-likeness (QED) is 0.783. The molecule has 2 rings (SSSR count). The Morgan fingerprint density at radius 1 is 1.32 bits per heavy atom. The van der Waals surface area contributed by atoms with Gasteiger partial charge in [-0.3, -0.25) is 19.8 Å². The molecule has 0 spiro atoms. The van der Waals surface area contributed by atoms with E-state index in [0.717, 1.165) is 10.7 Å². The molecule has 0 aliphatic carbocycles. The van der Waals surface area contributed by atoms with Gasteiger partial charge in [0.2, 0.25) is 11.8 Å². The van der Waals surface area contributed by atoms with Crippen LogP contribution in [0.1, 0.15) is 19.7 Å². The molecule has 1 aromatic rings. The maximum Gasteiger partial charge on any atom is 0.330 e. The Bertz CT molecular complexity index is 547. The van der Waals surface area contributed by atoms with Crippen LogP contribution in [0.15, 0.2) is 12.4 Å². The van der Waals surface area contributed by atoms with Gasteiger partial charge < -0.3 is 4.57 Å². The number of aryl methyl sites for hydroxylation is 1. The van der Waals surface area contributed by atoms with Gasteiger partial charge in [-0.15, -0.1) is 0 Å². The minimum atomic E-state index is -1.21. The average molecular weight is 264 g/mol. The van der Waals surface area contributed by atoms with E-state index < -0.39 is 23.3 Å². The summed E-state index contributed by atoms with van der Waals surface area (Å²) in [6, 6.07) is -0.663. The summed E-state index contributed by atoms with van der Waals surface area (Å²) < 4.78 is 1.82. The van der Waals surface area contributed by atoms with Crippen molar-refractivity contribution in [1.29, 1.82) is 0 Å². The molecule has 0 saturated carbocycles. The molecule has 0 aromatic carbocycles. The molecular weight excluding hydrogens is 248 g/mol. The van der Waals surface area contributed by atoms with Crippen molar-refractivity contribution in [2.45, 2.75) is 20.3 Å². The minimum absolute atomic E-state index is 0.201. The number of urea groups is 1. The first-order valence-corrected chi connectivity index (χ1v) is 5.97. The molecule has 0 atom stereocenters. The summed E-state index contributed by atoms with van der Waals surface area (Å²) in [6.07, 6.45) is 3.90. The lowest BCUT2D eigenvalue weighted by atomic mass is 9.89. The number of hydrogen-bond donors (Lipinski definition) is 1. The molecule has 1 aromatic heterocycles. The molecule has 1 saturated heterocycles. The number of carbonyl (C=O) groups excluding carboxylic acids is 3. The van der Waals surface area contributed by atoms with Gasteiger partial charge in [0.1, 0.15) is 11.2 Å². The van der Waals surface area contributed by atoms with Gasteiger partial charge in [0, 0.05) is 32.4 Å². The fraction of sp³-hybridized carbons (Fsp3) is 0.500. The third kappa shape index (κ3) is 2.23. The molecule has 0 radical (unpaired) electrons. The highest BCUT2D eigenvalue weighted by atomic mass is 16.2. The number of amides is 4. The Labute approximate surface area is 110 Å². The van der Waals surface area contributed by atoms with Gasteiger partial charge in [-0.1, -0.05) is 0 Å². The Kier molecular flexibility index (Phi) is 3.13. The normalized spacial score (nSPS) is 18.7. The zero-order valence-electron chi connectivity index (χ0n) is 11.1. The molecule has 1 N–H and O–H groups in total. The van der Waals surface area contributed by atoms with Crippen LogP contribution >= 0.6 is 0 Å². The van der Waals surface area contributed by atoms with Crippen LogP contribution in [0, 0.1) is 5.41 Å². The maximum atomic E-state index is 12.1. The van der Waals surface area contributed by atoms with Gasteiger partial charge in [0.05, 0.1) is 0 Å². The van der Waals surface area contributed by atoms with Gasteiger partial charge in [0.25, 0.3) is 0 Å². The van der Waals surface area contributed by atoms with E-state index in [1.54, 1.807) is 12.4 Å². The van der Waals surface area contributed by atoms with Gasteiger partial charge in [-0.2, -0.15) is 0 Å². The second-order valence-electron chi connectivity index (χ2n) is 5.05. The first kappa shape index (κ1) is 13.3. The lowest BCUT2D eigenvalue weighted by Gasteiger charge is -2.34. The van der Waals surface area contributed by atoms with Crippen molar-refractivity contribution in [3.8, 4) is 0 Å². The Hall–Kier alpha value is -2.18. The van der Waals surface area contributed by atoms with E-state index in [0.29, 0.717) is 6.42 Å². The van der Waals surface area contributed by atoms with Gasteiger partial charge >= 0.3 is 6.03 Å². The number of aromatic nitrogens is 2. The number of nitrogens with zero attached hydrogens (tertiary/aromatic N) is 3.